The second-order valence-electron chi connectivity index (χ2n) is 9.72. The number of carbonyl (C=O) groups excluding carboxylic acids is 2. The fraction of sp³-hybridized carbons (Fsp3) is 0.600. The van der Waals surface area contributed by atoms with Gasteiger partial charge in [0.25, 0.3) is 0 Å². The van der Waals surface area contributed by atoms with E-state index in [0.717, 1.165) is 36.2 Å². The Hall–Kier alpha value is -1.86. The third-order valence-corrected chi connectivity index (χ3v) is 6.74. The molecule has 156 valence electrons. The van der Waals surface area contributed by atoms with E-state index < -0.39 is 0 Å². The number of hydrogen-bond donors (Lipinski definition) is 0. The number of ketones is 1. The summed E-state index contributed by atoms with van der Waals surface area (Å²) in [4.78, 5) is 28.5. The third-order valence-electron chi connectivity index (χ3n) is 5.91. The van der Waals surface area contributed by atoms with Crippen molar-refractivity contribution in [3.05, 3.63) is 28.0 Å². The number of amides is 1. The van der Waals surface area contributed by atoms with Gasteiger partial charge in [0, 0.05) is 35.6 Å². The summed E-state index contributed by atoms with van der Waals surface area (Å²) in [6.45, 7) is 10.6. The first kappa shape index (κ1) is 21.8. The average Bonchev–Trinajstić information content (AvgIpc) is 3.10. The van der Waals surface area contributed by atoms with Crippen LogP contribution in [0.5, 0.6) is 0 Å². The van der Waals surface area contributed by atoms with Gasteiger partial charge < -0.3 is 4.90 Å². The molecule has 0 spiro atoms. The monoisotopic (exact) mass is 411 g/mol. The summed E-state index contributed by atoms with van der Waals surface area (Å²) in [6.07, 6.45) is 6.70. The Morgan fingerprint density at radius 1 is 1.24 bits per heavy atom. The highest BCUT2D eigenvalue weighted by Gasteiger charge is 2.36. The lowest BCUT2D eigenvalue weighted by atomic mass is 9.79. The number of rotatable bonds is 3. The van der Waals surface area contributed by atoms with Crippen LogP contribution in [0.3, 0.4) is 0 Å². The number of allylic oxidation sites excluding steroid dienone is 2. The standard InChI is InChI=1S/C25H33NO2S/c1-17-6-11-23(18(2)14-17)24(28)26(19-7-9-21(27)10-8-19)20-15-22(29-16-20)12-13-25(3,4)5/h6,15-16,18-19,23H,7-11,14H2,1-5H3. The van der Waals surface area contributed by atoms with Gasteiger partial charge in [-0.3, -0.25) is 9.59 Å². The van der Waals surface area contributed by atoms with Crippen LogP contribution in [0.1, 0.15) is 78.0 Å². The van der Waals surface area contributed by atoms with Crippen molar-refractivity contribution in [3.8, 4) is 11.8 Å². The molecule has 2 aliphatic carbocycles. The molecule has 0 bridgehead atoms. The molecule has 1 fully saturated rings. The molecule has 0 aromatic carbocycles. The lowest BCUT2D eigenvalue weighted by Crippen LogP contribution is -2.47. The van der Waals surface area contributed by atoms with E-state index in [1.165, 1.54) is 5.57 Å². The Morgan fingerprint density at radius 2 is 1.93 bits per heavy atom. The largest absolute Gasteiger partial charge is 0.308 e. The molecule has 4 heteroatoms. The van der Waals surface area contributed by atoms with Crippen molar-refractivity contribution in [1.82, 2.24) is 0 Å². The summed E-state index contributed by atoms with van der Waals surface area (Å²) in [5, 5.41) is 2.07. The van der Waals surface area contributed by atoms with E-state index in [0.29, 0.717) is 24.5 Å². The zero-order valence-corrected chi connectivity index (χ0v) is 19.2. The molecule has 2 aliphatic rings. The van der Waals surface area contributed by atoms with Crippen LogP contribution in [-0.2, 0) is 9.59 Å². The molecule has 1 amide bonds. The van der Waals surface area contributed by atoms with E-state index in [4.69, 9.17) is 0 Å². The van der Waals surface area contributed by atoms with E-state index in [1.54, 1.807) is 11.3 Å². The maximum absolute atomic E-state index is 13.7. The van der Waals surface area contributed by atoms with Crippen molar-refractivity contribution in [1.29, 1.82) is 0 Å². The first-order valence-electron chi connectivity index (χ1n) is 10.8. The van der Waals surface area contributed by atoms with Crippen LogP contribution in [0.4, 0.5) is 5.69 Å². The number of carbonyl (C=O) groups is 2. The Bertz CT molecular complexity index is 851. The molecule has 0 N–H and O–H groups in total. The number of thiophene rings is 1. The van der Waals surface area contributed by atoms with Gasteiger partial charge in [-0.05, 0) is 65.4 Å². The van der Waals surface area contributed by atoms with Gasteiger partial charge >= 0.3 is 0 Å². The molecule has 29 heavy (non-hydrogen) atoms. The lowest BCUT2D eigenvalue weighted by Gasteiger charge is -2.38. The highest BCUT2D eigenvalue weighted by molar-refractivity contribution is 7.11. The van der Waals surface area contributed by atoms with Crippen LogP contribution < -0.4 is 4.90 Å². The van der Waals surface area contributed by atoms with Crippen molar-refractivity contribution in [2.24, 2.45) is 17.3 Å². The fourth-order valence-corrected chi connectivity index (χ4v) is 5.01. The SMILES string of the molecule is CC1=CCC(C(=O)N(c2csc(C#CC(C)(C)C)c2)C2CCC(=O)CC2)C(C)C1. The second-order valence-corrected chi connectivity index (χ2v) is 10.6. The highest BCUT2D eigenvalue weighted by atomic mass is 32.1. The minimum absolute atomic E-state index is 0.0142. The maximum atomic E-state index is 13.7. The lowest BCUT2D eigenvalue weighted by molar-refractivity contribution is -0.126. The molecule has 1 saturated carbocycles. The Morgan fingerprint density at radius 3 is 2.55 bits per heavy atom. The molecule has 0 aliphatic heterocycles. The molecule has 1 aromatic heterocycles. The van der Waals surface area contributed by atoms with Gasteiger partial charge in [0.05, 0.1) is 10.6 Å². The Kier molecular flexibility index (Phi) is 6.69. The topological polar surface area (TPSA) is 37.4 Å². The normalized spacial score (nSPS) is 23.2. The van der Waals surface area contributed by atoms with Crippen LogP contribution in [0.2, 0.25) is 0 Å². The number of hydrogen-bond acceptors (Lipinski definition) is 3. The van der Waals surface area contributed by atoms with Crippen molar-refractivity contribution in [2.75, 3.05) is 4.90 Å². The zero-order chi connectivity index (χ0) is 21.2. The van der Waals surface area contributed by atoms with Crippen molar-refractivity contribution >= 4 is 28.7 Å². The predicted molar refractivity (Wildman–Crippen MR) is 121 cm³/mol. The smallest absolute Gasteiger partial charge is 0.230 e. The van der Waals surface area contributed by atoms with Crippen LogP contribution in [0.25, 0.3) is 0 Å². The van der Waals surface area contributed by atoms with E-state index in [1.807, 2.05) is 4.90 Å². The number of Topliss-reactive ketones (excluding diaryl/α,β-unsaturated/α-hetero) is 1. The van der Waals surface area contributed by atoms with Crippen molar-refractivity contribution in [2.45, 2.75) is 79.2 Å². The van der Waals surface area contributed by atoms with Gasteiger partial charge in [-0.15, -0.1) is 11.3 Å². The van der Waals surface area contributed by atoms with Gasteiger partial charge in [-0.25, -0.2) is 0 Å². The molecular weight excluding hydrogens is 378 g/mol. The van der Waals surface area contributed by atoms with Gasteiger partial charge in [-0.1, -0.05) is 30.4 Å². The van der Waals surface area contributed by atoms with Crippen LogP contribution in [0.15, 0.2) is 23.1 Å². The molecule has 3 rings (SSSR count). The minimum atomic E-state index is -0.0505. The predicted octanol–water partition coefficient (Wildman–Crippen LogP) is 5.98. The van der Waals surface area contributed by atoms with E-state index in [9.17, 15) is 9.59 Å². The average molecular weight is 412 g/mol. The second kappa shape index (κ2) is 8.88. The minimum Gasteiger partial charge on any atom is -0.308 e. The summed E-state index contributed by atoms with van der Waals surface area (Å²) < 4.78 is 0. The molecule has 2 unspecified atom stereocenters. The molecule has 2 atom stereocenters. The van der Waals surface area contributed by atoms with E-state index >= 15 is 0 Å². The van der Waals surface area contributed by atoms with E-state index in [2.05, 4.69) is 64.0 Å². The number of nitrogens with zero attached hydrogens (tertiary/aromatic N) is 1. The fourth-order valence-electron chi connectivity index (χ4n) is 4.28. The van der Waals surface area contributed by atoms with E-state index in [-0.39, 0.29) is 23.3 Å². The van der Waals surface area contributed by atoms with Gasteiger partial charge in [-0.2, -0.15) is 0 Å². The summed E-state index contributed by atoms with van der Waals surface area (Å²) in [5.74, 6) is 7.45. The molecule has 3 nitrogen and oxygen atoms in total. The van der Waals surface area contributed by atoms with Gasteiger partial charge in [0.2, 0.25) is 5.91 Å². The van der Waals surface area contributed by atoms with Crippen molar-refractivity contribution < 1.29 is 9.59 Å². The first-order chi connectivity index (χ1) is 13.6. The molecule has 1 aromatic rings. The summed E-state index contributed by atoms with van der Waals surface area (Å²) in [5.41, 5.74) is 2.29. The van der Waals surface area contributed by atoms with Crippen LogP contribution >= 0.6 is 11.3 Å². The van der Waals surface area contributed by atoms with Crippen LogP contribution in [0, 0.1) is 29.1 Å². The Labute approximate surface area is 179 Å². The summed E-state index contributed by atoms with van der Waals surface area (Å²) in [6, 6.07) is 2.17. The molecule has 0 saturated heterocycles. The number of anilines is 1. The van der Waals surface area contributed by atoms with Crippen LogP contribution in [-0.4, -0.2) is 17.7 Å². The van der Waals surface area contributed by atoms with Crippen molar-refractivity contribution in [3.63, 3.8) is 0 Å². The zero-order valence-electron chi connectivity index (χ0n) is 18.4. The summed E-state index contributed by atoms with van der Waals surface area (Å²) >= 11 is 1.60. The molecule has 1 heterocycles. The van der Waals surface area contributed by atoms with Gasteiger partial charge in [0.15, 0.2) is 0 Å². The molecule has 0 radical (unpaired) electrons. The third kappa shape index (κ3) is 5.60. The highest BCUT2D eigenvalue weighted by Crippen LogP contribution is 2.36. The first-order valence-corrected chi connectivity index (χ1v) is 11.6. The maximum Gasteiger partial charge on any atom is 0.230 e. The summed E-state index contributed by atoms with van der Waals surface area (Å²) in [7, 11) is 0. The molecular formula is C25H33NO2S. The van der Waals surface area contributed by atoms with Gasteiger partial charge in [0.1, 0.15) is 5.78 Å². The quantitative estimate of drug-likeness (QED) is 0.453. The Balaban J connectivity index is 1.89.